The molecule has 1 heterocycles. The fourth-order valence-electron chi connectivity index (χ4n) is 2.60. The highest BCUT2D eigenvalue weighted by molar-refractivity contribution is 7.98. The van der Waals surface area contributed by atoms with Crippen molar-refractivity contribution in [3.8, 4) is 5.75 Å². The summed E-state index contributed by atoms with van der Waals surface area (Å²) in [6, 6.07) is 16.7. The Labute approximate surface area is 124 Å². The summed E-state index contributed by atoms with van der Waals surface area (Å²) in [5.74, 6) is 2.61. The third-order valence-corrected chi connectivity index (χ3v) is 4.80. The zero-order chi connectivity index (χ0) is 13.8. The Bertz CT molecular complexity index is 567. The number of phenolic OH excluding ortho intramolecular Hbond substituents is 1. The molecule has 0 fully saturated rings. The average Bonchev–Trinajstić information content (AvgIpc) is 2.49. The molecule has 1 atom stereocenters. The summed E-state index contributed by atoms with van der Waals surface area (Å²) < 4.78 is 0. The molecule has 20 heavy (non-hydrogen) atoms. The lowest BCUT2D eigenvalue weighted by atomic mass is 10.0. The molecule has 1 aliphatic rings. The Morgan fingerprint density at radius 2 is 1.90 bits per heavy atom. The molecule has 0 spiro atoms. The Hall–Kier alpha value is -1.45. The first-order valence-electron chi connectivity index (χ1n) is 7.00. The molecule has 104 valence electrons. The van der Waals surface area contributed by atoms with Gasteiger partial charge in [-0.1, -0.05) is 36.4 Å². The minimum Gasteiger partial charge on any atom is -0.508 e. The van der Waals surface area contributed by atoms with Gasteiger partial charge >= 0.3 is 0 Å². The van der Waals surface area contributed by atoms with Crippen molar-refractivity contribution in [2.45, 2.75) is 18.2 Å². The van der Waals surface area contributed by atoms with Crippen LogP contribution in [0.3, 0.4) is 0 Å². The maximum atomic E-state index is 9.28. The van der Waals surface area contributed by atoms with Gasteiger partial charge in [0.05, 0.1) is 0 Å². The van der Waals surface area contributed by atoms with Crippen LogP contribution in [0.4, 0.5) is 0 Å². The third-order valence-electron chi connectivity index (χ3n) is 3.71. The molecular formula is C17H19NOS. The van der Waals surface area contributed by atoms with Gasteiger partial charge < -0.3 is 10.4 Å². The lowest BCUT2D eigenvalue weighted by Crippen LogP contribution is -2.28. The van der Waals surface area contributed by atoms with Gasteiger partial charge in [0.1, 0.15) is 5.75 Å². The molecule has 0 bridgehead atoms. The first kappa shape index (κ1) is 13.5. The molecule has 1 aliphatic heterocycles. The van der Waals surface area contributed by atoms with Gasteiger partial charge in [-0.25, -0.2) is 0 Å². The number of hydrogen-bond acceptors (Lipinski definition) is 3. The number of nitrogens with one attached hydrogen (secondary N) is 1. The molecule has 2 N–H and O–H groups in total. The predicted molar refractivity (Wildman–Crippen MR) is 85.2 cm³/mol. The molecule has 0 aliphatic carbocycles. The van der Waals surface area contributed by atoms with Gasteiger partial charge in [-0.3, -0.25) is 0 Å². The summed E-state index contributed by atoms with van der Waals surface area (Å²) in [5.41, 5.74) is 4.18. The number of phenols is 1. The first-order chi connectivity index (χ1) is 9.83. The highest BCUT2D eigenvalue weighted by Crippen LogP contribution is 2.31. The number of rotatable bonds is 4. The largest absolute Gasteiger partial charge is 0.508 e. The minimum atomic E-state index is 0.333. The molecule has 2 aromatic rings. The van der Waals surface area contributed by atoms with E-state index in [1.54, 1.807) is 12.1 Å². The Morgan fingerprint density at radius 3 is 2.75 bits per heavy atom. The molecule has 1 unspecified atom stereocenters. The van der Waals surface area contributed by atoms with Gasteiger partial charge in [0.2, 0.25) is 0 Å². The molecule has 0 aromatic heterocycles. The molecule has 0 saturated heterocycles. The van der Waals surface area contributed by atoms with Gasteiger partial charge in [-0.05, 0) is 41.8 Å². The monoisotopic (exact) mass is 285 g/mol. The van der Waals surface area contributed by atoms with Crippen molar-refractivity contribution < 1.29 is 5.11 Å². The lowest BCUT2D eigenvalue weighted by molar-refractivity contribution is 0.475. The van der Waals surface area contributed by atoms with Crippen molar-refractivity contribution in [2.24, 2.45) is 0 Å². The van der Waals surface area contributed by atoms with Crippen molar-refractivity contribution in [1.29, 1.82) is 0 Å². The van der Waals surface area contributed by atoms with Crippen molar-refractivity contribution in [3.63, 3.8) is 0 Å². The van der Waals surface area contributed by atoms with E-state index in [2.05, 4.69) is 29.6 Å². The van der Waals surface area contributed by atoms with E-state index in [0.717, 1.165) is 24.5 Å². The lowest BCUT2D eigenvalue weighted by Gasteiger charge is -2.26. The smallest absolute Gasteiger partial charge is 0.115 e. The molecule has 2 aromatic carbocycles. The van der Waals surface area contributed by atoms with Crippen LogP contribution in [0.1, 0.15) is 22.7 Å². The van der Waals surface area contributed by atoms with Crippen molar-refractivity contribution in [2.75, 3.05) is 12.3 Å². The quantitative estimate of drug-likeness (QED) is 0.901. The topological polar surface area (TPSA) is 32.3 Å². The Kier molecular flexibility index (Phi) is 4.28. The van der Waals surface area contributed by atoms with E-state index in [4.69, 9.17) is 0 Å². The van der Waals surface area contributed by atoms with Gasteiger partial charge in [0.25, 0.3) is 0 Å². The van der Waals surface area contributed by atoms with Crippen LogP contribution in [0.2, 0.25) is 0 Å². The zero-order valence-corrected chi connectivity index (χ0v) is 12.2. The van der Waals surface area contributed by atoms with E-state index >= 15 is 0 Å². The van der Waals surface area contributed by atoms with Crippen LogP contribution in [0, 0.1) is 0 Å². The fraction of sp³-hybridized carbons (Fsp3) is 0.294. The maximum absolute atomic E-state index is 9.28. The number of thioether (sulfide) groups is 1. The van der Waals surface area contributed by atoms with Crippen LogP contribution < -0.4 is 5.32 Å². The zero-order valence-electron chi connectivity index (χ0n) is 11.4. The first-order valence-corrected chi connectivity index (χ1v) is 8.15. The van der Waals surface area contributed by atoms with Crippen LogP contribution in [-0.4, -0.2) is 17.4 Å². The summed E-state index contributed by atoms with van der Waals surface area (Å²) in [6.45, 7) is 0.963. The van der Waals surface area contributed by atoms with E-state index < -0.39 is 0 Å². The summed E-state index contributed by atoms with van der Waals surface area (Å²) in [7, 11) is 0. The normalized spacial score (nSPS) is 17.7. The third kappa shape index (κ3) is 3.17. The highest BCUT2D eigenvalue weighted by Gasteiger charge is 2.18. The Balaban J connectivity index is 1.58. The molecule has 0 saturated carbocycles. The maximum Gasteiger partial charge on any atom is 0.115 e. The predicted octanol–water partition coefficient (Wildman–Crippen LogP) is 3.51. The molecule has 0 radical (unpaired) electrons. The van der Waals surface area contributed by atoms with Crippen molar-refractivity contribution in [3.05, 3.63) is 65.2 Å². The fourth-order valence-corrected chi connectivity index (χ4v) is 3.74. The van der Waals surface area contributed by atoms with Gasteiger partial charge in [0.15, 0.2) is 0 Å². The number of hydrogen-bond donors (Lipinski definition) is 2. The molecule has 3 heteroatoms. The minimum absolute atomic E-state index is 0.333. The summed E-state index contributed by atoms with van der Waals surface area (Å²) >= 11 is 2.00. The van der Waals surface area contributed by atoms with Crippen LogP contribution in [0.15, 0.2) is 48.5 Å². The second-order valence-corrected chi connectivity index (χ2v) is 6.17. The SMILES string of the molecule is Oc1ccc(CCNC2CSCc3ccccc32)cc1. The number of benzene rings is 2. The summed E-state index contributed by atoms with van der Waals surface area (Å²) in [4.78, 5) is 0. The molecular weight excluding hydrogens is 266 g/mol. The van der Waals surface area contributed by atoms with E-state index in [9.17, 15) is 5.11 Å². The van der Waals surface area contributed by atoms with Crippen LogP contribution in [0.25, 0.3) is 0 Å². The van der Waals surface area contributed by atoms with E-state index in [-0.39, 0.29) is 0 Å². The van der Waals surface area contributed by atoms with Gasteiger partial charge in [-0.15, -0.1) is 0 Å². The van der Waals surface area contributed by atoms with E-state index in [0.29, 0.717) is 11.8 Å². The van der Waals surface area contributed by atoms with Crippen LogP contribution in [-0.2, 0) is 12.2 Å². The Morgan fingerprint density at radius 1 is 1.10 bits per heavy atom. The second-order valence-electron chi connectivity index (χ2n) is 5.14. The molecule has 3 rings (SSSR count). The van der Waals surface area contributed by atoms with Crippen molar-refractivity contribution in [1.82, 2.24) is 5.32 Å². The number of aromatic hydroxyl groups is 1. The molecule has 0 amide bonds. The highest BCUT2D eigenvalue weighted by atomic mass is 32.2. The number of fused-ring (bicyclic) bond motifs is 1. The second kappa shape index (κ2) is 6.33. The summed E-state index contributed by atoms with van der Waals surface area (Å²) in [5, 5.41) is 12.9. The molecule has 2 nitrogen and oxygen atoms in total. The average molecular weight is 285 g/mol. The van der Waals surface area contributed by atoms with Gasteiger partial charge in [0, 0.05) is 17.5 Å². The van der Waals surface area contributed by atoms with Gasteiger partial charge in [-0.2, -0.15) is 11.8 Å². The standard InChI is InChI=1S/C17H19NOS/c19-15-7-5-13(6-8-15)9-10-18-17-12-20-11-14-3-1-2-4-16(14)17/h1-8,17-19H,9-12H2. The van der Waals surface area contributed by atoms with Crippen LogP contribution >= 0.6 is 11.8 Å². The summed E-state index contributed by atoms with van der Waals surface area (Å²) in [6.07, 6.45) is 0.990. The van der Waals surface area contributed by atoms with E-state index in [1.165, 1.54) is 16.7 Å². The van der Waals surface area contributed by atoms with E-state index in [1.807, 2.05) is 23.9 Å². The van der Waals surface area contributed by atoms with Crippen LogP contribution in [0.5, 0.6) is 5.75 Å². The van der Waals surface area contributed by atoms with Crippen molar-refractivity contribution >= 4 is 11.8 Å².